The summed E-state index contributed by atoms with van der Waals surface area (Å²) in [5.74, 6) is -0.610. The Balaban J connectivity index is 2.09. The van der Waals surface area contributed by atoms with Gasteiger partial charge >= 0.3 is 0 Å². The molecule has 2 rings (SSSR count). The summed E-state index contributed by atoms with van der Waals surface area (Å²) >= 11 is 0. The number of carbonyl (C=O) groups is 1. The Hall–Kier alpha value is -2.34. The van der Waals surface area contributed by atoms with Crippen LogP contribution in [0.4, 0.5) is 5.69 Å². The smallest absolute Gasteiger partial charge is 0.239 e. The Morgan fingerprint density at radius 1 is 1.14 bits per heavy atom. The Kier molecular flexibility index (Phi) is 4.82. The van der Waals surface area contributed by atoms with Crippen molar-refractivity contribution in [2.45, 2.75) is 11.8 Å². The Morgan fingerprint density at radius 3 is 2.45 bits per heavy atom. The van der Waals surface area contributed by atoms with Gasteiger partial charge in [-0.05, 0) is 31.2 Å². The molecule has 0 saturated carbocycles. The van der Waals surface area contributed by atoms with E-state index in [0.717, 1.165) is 5.56 Å². The first-order valence-corrected chi connectivity index (χ1v) is 8.29. The number of methoxy groups -OCH3 is 1. The molecular weight excluding hydrogens is 302 g/mol. The molecule has 0 unspecified atom stereocenters. The maximum absolute atomic E-state index is 12.2. The van der Waals surface area contributed by atoms with E-state index in [-0.39, 0.29) is 4.90 Å². The first-order chi connectivity index (χ1) is 10.4. The van der Waals surface area contributed by atoms with E-state index >= 15 is 0 Å². The maximum atomic E-state index is 12.2. The highest BCUT2D eigenvalue weighted by Gasteiger charge is 2.19. The van der Waals surface area contributed by atoms with Crippen LogP contribution in [0.5, 0.6) is 5.75 Å². The van der Waals surface area contributed by atoms with Crippen molar-refractivity contribution in [3.05, 3.63) is 54.1 Å². The molecule has 0 atom stereocenters. The zero-order valence-electron chi connectivity index (χ0n) is 12.4. The highest BCUT2D eigenvalue weighted by molar-refractivity contribution is 7.92. The number of hydrogen-bond acceptors (Lipinski definition) is 4. The van der Waals surface area contributed by atoms with Crippen LogP contribution in [0.15, 0.2) is 53.4 Å². The van der Waals surface area contributed by atoms with Gasteiger partial charge in [-0.15, -0.1) is 0 Å². The number of ether oxygens (including phenoxy) is 1. The van der Waals surface area contributed by atoms with Gasteiger partial charge in [-0.2, -0.15) is 0 Å². The second-order valence-electron chi connectivity index (χ2n) is 4.85. The SMILES string of the molecule is COc1cccc(NC(=O)CS(=O)(=O)c2ccc(C)cc2)c1. The molecule has 2 aromatic carbocycles. The topological polar surface area (TPSA) is 72.5 Å². The zero-order chi connectivity index (χ0) is 16.2. The molecule has 5 nitrogen and oxygen atoms in total. The highest BCUT2D eigenvalue weighted by Crippen LogP contribution is 2.17. The van der Waals surface area contributed by atoms with E-state index in [4.69, 9.17) is 4.74 Å². The summed E-state index contributed by atoms with van der Waals surface area (Å²) in [5.41, 5.74) is 1.45. The average Bonchev–Trinajstić information content (AvgIpc) is 2.47. The lowest BCUT2D eigenvalue weighted by molar-refractivity contribution is -0.113. The third kappa shape index (κ3) is 4.08. The minimum absolute atomic E-state index is 0.138. The van der Waals surface area contributed by atoms with Gasteiger partial charge in [-0.25, -0.2) is 8.42 Å². The first kappa shape index (κ1) is 16.0. The first-order valence-electron chi connectivity index (χ1n) is 6.64. The van der Waals surface area contributed by atoms with Crippen molar-refractivity contribution < 1.29 is 17.9 Å². The van der Waals surface area contributed by atoms with E-state index in [1.54, 1.807) is 36.4 Å². The number of anilines is 1. The van der Waals surface area contributed by atoms with Gasteiger partial charge in [-0.1, -0.05) is 23.8 Å². The number of carbonyl (C=O) groups excluding carboxylic acids is 1. The van der Waals surface area contributed by atoms with Gasteiger partial charge in [0.15, 0.2) is 9.84 Å². The summed E-state index contributed by atoms with van der Waals surface area (Å²) in [6.07, 6.45) is 0. The van der Waals surface area contributed by atoms with Gasteiger partial charge in [0.1, 0.15) is 11.5 Å². The van der Waals surface area contributed by atoms with Gasteiger partial charge < -0.3 is 10.1 Å². The molecule has 2 aromatic rings. The highest BCUT2D eigenvalue weighted by atomic mass is 32.2. The van der Waals surface area contributed by atoms with Gasteiger partial charge in [0.05, 0.1) is 12.0 Å². The third-order valence-electron chi connectivity index (χ3n) is 3.05. The molecule has 0 saturated heterocycles. The Bertz CT molecular complexity index is 767. The van der Waals surface area contributed by atoms with Crippen molar-refractivity contribution in [3.63, 3.8) is 0 Å². The number of amides is 1. The van der Waals surface area contributed by atoms with Crippen LogP contribution in [0, 0.1) is 6.92 Å². The second kappa shape index (κ2) is 6.62. The van der Waals surface area contributed by atoms with Crippen LogP contribution in [0.2, 0.25) is 0 Å². The molecule has 1 N–H and O–H groups in total. The molecule has 0 aliphatic heterocycles. The van der Waals surface area contributed by atoms with Crippen molar-refractivity contribution in [1.29, 1.82) is 0 Å². The largest absolute Gasteiger partial charge is 0.497 e. The predicted octanol–water partition coefficient (Wildman–Crippen LogP) is 2.42. The van der Waals surface area contributed by atoms with Crippen LogP contribution < -0.4 is 10.1 Å². The summed E-state index contributed by atoms with van der Waals surface area (Å²) in [6.45, 7) is 1.87. The van der Waals surface area contributed by atoms with Crippen molar-refractivity contribution in [2.24, 2.45) is 0 Å². The molecular formula is C16H17NO4S. The number of aryl methyl sites for hydroxylation is 1. The molecule has 0 heterocycles. The molecule has 22 heavy (non-hydrogen) atoms. The third-order valence-corrected chi connectivity index (χ3v) is 4.69. The van der Waals surface area contributed by atoms with Crippen LogP contribution in [0.3, 0.4) is 0 Å². The minimum Gasteiger partial charge on any atom is -0.497 e. The molecule has 116 valence electrons. The van der Waals surface area contributed by atoms with Crippen LogP contribution in [0.1, 0.15) is 5.56 Å². The van der Waals surface area contributed by atoms with Crippen LogP contribution in [0.25, 0.3) is 0 Å². The number of sulfone groups is 1. The molecule has 0 fully saturated rings. The molecule has 0 aliphatic rings. The standard InChI is InChI=1S/C16H17NO4S/c1-12-6-8-15(9-7-12)22(19,20)11-16(18)17-13-4-3-5-14(10-13)21-2/h3-10H,11H2,1-2H3,(H,17,18). The predicted molar refractivity (Wildman–Crippen MR) is 84.9 cm³/mol. The van der Waals surface area contributed by atoms with E-state index in [2.05, 4.69) is 5.32 Å². The number of nitrogens with one attached hydrogen (secondary N) is 1. The Morgan fingerprint density at radius 2 is 1.82 bits per heavy atom. The summed E-state index contributed by atoms with van der Waals surface area (Å²) < 4.78 is 29.4. The molecule has 0 aliphatic carbocycles. The maximum Gasteiger partial charge on any atom is 0.239 e. The summed E-state index contributed by atoms with van der Waals surface area (Å²) in [6, 6.07) is 13.1. The Labute approximate surface area is 129 Å². The quantitative estimate of drug-likeness (QED) is 0.918. The van der Waals surface area contributed by atoms with E-state index in [1.807, 2.05) is 6.92 Å². The van der Waals surface area contributed by atoms with Crippen molar-refractivity contribution in [3.8, 4) is 5.75 Å². The van der Waals surface area contributed by atoms with Gasteiger partial charge in [0.2, 0.25) is 5.91 Å². The average molecular weight is 319 g/mol. The molecule has 0 radical (unpaired) electrons. The normalized spacial score (nSPS) is 11.0. The van der Waals surface area contributed by atoms with E-state index in [0.29, 0.717) is 11.4 Å². The van der Waals surface area contributed by atoms with Gasteiger partial charge in [0, 0.05) is 11.8 Å². The molecule has 0 aromatic heterocycles. The number of hydrogen-bond donors (Lipinski definition) is 1. The molecule has 0 bridgehead atoms. The van der Waals surface area contributed by atoms with Crippen LogP contribution >= 0.6 is 0 Å². The molecule has 6 heteroatoms. The lowest BCUT2D eigenvalue weighted by Gasteiger charge is -2.08. The van der Waals surface area contributed by atoms with Crippen molar-refractivity contribution >= 4 is 21.4 Å². The summed E-state index contributed by atoms with van der Waals surface area (Å²) in [5, 5.41) is 2.56. The number of rotatable bonds is 5. The van der Waals surface area contributed by atoms with E-state index in [1.165, 1.54) is 19.2 Å². The number of benzene rings is 2. The van der Waals surface area contributed by atoms with Gasteiger partial charge in [0.25, 0.3) is 0 Å². The lowest BCUT2D eigenvalue weighted by Crippen LogP contribution is -2.23. The zero-order valence-corrected chi connectivity index (χ0v) is 13.2. The second-order valence-corrected chi connectivity index (χ2v) is 6.84. The van der Waals surface area contributed by atoms with Crippen molar-refractivity contribution in [1.82, 2.24) is 0 Å². The minimum atomic E-state index is -3.66. The van der Waals surface area contributed by atoms with Crippen LogP contribution in [-0.4, -0.2) is 27.2 Å². The molecule has 0 spiro atoms. The summed E-state index contributed by atoms with van der Waals surface area (Å²) in [4.78, 5) is 12.1. The fraction of sp³-hybridized carbons (Fsp3) is 0.188. The monoisotopic (exact) mass is 319 g/mol. The van der Waals surface area contributed by atoms with E-state index in [9.17, 15) is 13.2 Å². The summed E-state index contributed by atoms with van der Waals surface area (Å²) in [7, 11) is -2.14. The van der Waals surface area contributed by atoms with Crippen molar-refractivity contribution in [2.75, 3.05) is 18.2 Å². The lowest BCUT2D eigenvalue weighted by atomic mass is 10.2. The fourth-order valence-electron chi connectivity index (χ4n) is 1.90. The van der Waals surface area contributed by atoms with E-state index < -0.39 is 21.5 Å². The van der Waals surface area contributed by atoms with Gasteiger partial charge in [-0.3, -0.25) is 4.79 Å². The fourth-order valence-corrected chi connectivity index (χ4v) is 3.03. The van der Waals surface area contributed by atoms with Crippen LogP contribution in [-0.2, 0) is 14.6 Å². The molecule has 1 amide bonds.